The lowest BCUT2D eigenvalue weighted by Crippen LogP contribution is -2.33. The van der Waals surface area contributed by atoms with Gasteiger partial charge >= 0.3 is 5.97 Å². The van der Waals surface area contributed by atoms with E-state index in [1.807, 2.05) is 24.3 Å². The average molecular weight is 402 g/mol. The number of hydrogen-bond acceptors (Lipinski definition) is 5. The fourth-order valence-electron chi connectivity index (χ4n) is 3.45. The van der Waals surface area contributed by atoms with Gasteiger partial charge in [-0.25, -0.2) is 9.78 Å². The molecule has 1 amide bonds. The highest BCUT2D eigenvalue weighted by Crippen LogP contribution is 2.26. The summed E-state index contributed by atoms with van der Waals surface area (Å²) in [7, 11) is 0. The van der Waals surface area contributed by atoms with Gasteiger partial charge in [0.05, 0.1) is 17.0 Å². The van der Waals surface area contributed by atoms with Crippen molar-refractivity contribution >= 4 is 29.1 Å². The van der Waals surface area contributed by atoms with Crippen LogP contribution in [0.2, 0.25) is 0 Å². The number of nitrogens with one attached hydrogen (secondary N) is 1. The van der Waals surface area contributed by atoms with Crippen LogP contribution in [0.1, 0.15) is 22.8 Å². The second-order valence-corrected chi connectivity index (χ2v) is 6.96. The van der Waals surface area contributed by atoms with Crippen LogP contribution in [0.4, 0.5) is 5.69 Å². The number of carbonyl (C=O) groups excluding carboxylic acids is 2. The van der Waals surface area contributed by atoms with E-state index in [1.54, 1.807) is 25.4 Å². The molecule has 0 saturated heterocycles. The Morgan fingerprint density at radius 3 is 2.70 bits per heavy atom. The fourth-order valence-corrected chi connectivity index (χ4v) is 3.45. The molecule has 1 unspecified atom stereocenters. The number of hydrazone groups is 1. The molecular weight excluding hydrogens is 384 g/mol. The summed E-state index contributed by atoms with van der Waals surface area (Å²) in [5.41, 5.74) is 2.35. The largest absolute Gasteiger partial charge is 0.478 e. The molecule has 2 heterocycles. The molecule has 8 heteroatoms. The molecule has 1 aliphatic heterocycles. The zero-order valence-electron chi connectivity index (χ0n) is 16.1. The molecule has 0 radical (unpaired) electrons. The molecule has 1 aromatic heterocycles. The predicted octanol–water partition coefficient (Wildman–Crippen LogP) is 2.93. The maximum atomic E-state index is 12.9. The molecule has 1 aliphatic rings. The fraction of sp³-hybridized carbons (Fsp3) is 0.136. The zero-order valence-corrected chi connectivity index (χ0v) is 16.1. The number of benzene rings is 2. The van der Waals surface area contributed by atoms with Gasteiger partial charge in [-0.3, -0.25) is 9.59 Å². The lowest BCUT2D eigenvalue weighted by Gasteiger charge is -2.14. The number of H-pyrrole nitrogens is 1. The Bertz CT molecular complexity index is 1170. The molecule has 2 aromatic carbocycles. The highest BCUT2D eigenvalue weighted by molar-refractivity contribution is 6.27. The number of amides is 1. The summed E-state index contributed by atoms with van der Waals surface area (Å²) in [5, 5.41) is 14.5. The lowest BCUT2D eigenvalue weighted by molar-refractivity contribution is -0.128. The molecule has 3 aromatic rings. The normalized spacial score (nSPS) is 15.9. The quantitative estimate of drug-likeness (QED) is 0.615. The van der Waals surface area contributed by atoms with E-state index in [-0.39, 0.29) is 17.8 Å². The van der Waals surface area contributed by atoms with Crippen molar-refractivity contribution in [1.29, 1.82) is 0 Å². The summed E-state index contributed by atoms with van der Waals surface area (Å²) in [6, 6.07) is 13.3. The Morgan fingerprint density at radius 2 is 1.97 bits per heavy atom. The molecule has 2 N–H and O–H groups in total. The number of aromatic amines is 1. The Morgan fingerprint density at radius 1 is 1.17 bits per heavy atom. The number of anilines is 1. The second-order valence-electron chi connectivity index (χ2n) is 6.96. The maximum Gasteiger partial charge on any atom is 0.335 e. The maximum absolute atomic E-state index is 12.9. The number of imidazole rings is 1. The van der Waals surface area contributed by atoms with Gasteiger partial charge in [0.1, 0.15) is 11.7 Å². The lowest BCUT2D eigenvalue weighted by atomic mass is 9.93. The first-order chi connectivity index (χ1) is 14.4. The van der Waals surface area contributed by atoms with E-state index in [9.17, 15) is 14.4 Å². The molecule has 8 nitrogen and oxygen atoms in total. The topological polar surface area (TPSA) is 116 Å². The standard InChI is InChI=1S/C22H18N4O4/c1-13-19(21(28)26(25-13)17-7-3-6-16(12-17)22(29)30)18(27)11-14-4-2-5-15(10-14)20-23-8-9-24-20/h2-10,12,19H,11H2,1H3,(H,23,24)(H,29,30). The van der Waals surface area contributed by atoms with Crippen LogP contribution in [-0.2, 0) is 16.0 Å². The molecule has 0 spiro atoms. The Hall–Kier alpha value is -4.07. The van der Waals surface area contributed by atoms with Crippen molar-refractivity contribution < 1.29 is 19.5 Å². The number of carboxylic acids is 1. The molecule has 0 aliphatic carbocycles. The number of nitrogens with zero attached hydrogens (tertiary/aromatic N) is 3. The predicted molar refractivity (Wildman–Crippen MR) is 110 cm³/mol. The van der Waals surface area contributed by atoms with Crippen molar-refractivity contribution in [2.24, 2.45) is 11.0 Å². The molecule has 1 atom stereocenters. The van der Waals surface area contributed by atoms with Crippen molar-refractivity contribution in [2.75, 3.05) is 5.01 Å². The van der Waals surface area contributed by atoms with E-state index in [0.29, 0.717) is 17.2 Å². The van der Waals surface area contributed by atoms with Crippen LogP contribution >= 0.6 is 0 Å². The number of hydrogen-bond donors (Lipinski definition) is 2. The van der Waals surface area contributed by atoms with E-state index in [1.165, 1.54) is 18.2 Å². The van der Waals surface area contributed by atoms with Crippen molar-refractivity contribution in [2.45, 2.75) is 13.3 Å². The Balaban J connectivity index is 1.54. The monoisotopic (exact) mass is 402 g/mol. The molecule has 30 heavy (non-hydrogen) atoms. The third-order valence-electron chi connectivity index (χ3n) is 4.87. The van der Waals surface area contributed by atoms with Gasteiger partial charge in [0, 0.05) is 24.4 Å². The van der Waals surface area contributed by atoms with Crippen LogP contribution in [0.5, 0.6) is 0 Å². The van der Waals surface area contributed by atoms with Crippen molar-refractivity contribution in [3.63, 3.8) is 0 Å². The van der Waals surface area contributed by atoms with E-state index in [4.69, 9.17) is 5.11 Å². The van der Waals surface area contributed by atoms with Gasteiger partial charge in [0.2, 0.25) is 0 Å². The Labute approximate surface area is 171 Å². The van der Waals surface area contributed by atoms with Gasteiger partial charge in [-0.1, -0.05) is 24.3 Å². The number of Topliss-reactive ketones (excluding diaryl/α,β-unsaturated/α-hetero) is 1. The number of aromatic nitrogens is 2. The smallest absolute Gasteiger partial charge is 0.335 e. The van der Waals surface area contributed by atoms with E-state index < -0.39 is 17.8 Å². The highest BCUT2D eigenvalue weighted by Gasteiger charge is 2.39. The summed E-state index contributed by atoms with van der Waals surface area (Å²) in [5.74, 6) is -2.15. The van der Waals surface area contributed by atoms with E-state index >= 15 is 0 Å². The van der Waals surface area contributed by atoms with Gasteiger partial charge in [-0.05, 0) is 36.8 Å². The minimum Gasteiger partial charge on any atom is -0.478 e. The minimum atomic E-state index is -1.10. The van der Waals surface area contributed by atoms with Crippen LogP contribution in [0, 0.1) is 5.92 Å². The van der Waals surface area contributed by atoms with Crippen LogP contribution in [-0.4, -0.2) is 38.4 Å². The third kappa shape index (κ3) is 3.62. The zero-order chi connectivity index (χ0) is 21.3. The van der Waals surface area contributed by atoms with E-state index in [2.05, 4.69) is 15.1 Å². The van der Waals surface area contributed by atoms with Crippen molar-refractivity contribution in [3.05, 3.63) is 72.1 Å². The first-order valence-electron chi connectivity index (χ1n) is 9.28. The van der Waals surface area contributed by atoms with Gasteiger partial charge in [-0.2, -0.15) is 10.1 Å². The van der Waals surface area contributed by atoms with Crippen LogP contribution < -0.4 is 5.01 Å². The number of carbonyl (C=O) groups is 3. The van der Waals surface area contributed by atoms with Gasteiger partial charge in [0.25, 0.3) is 5.91 Å². The summed E-state index contributed by atoms with van der Waals surface area (Å²) in [6.45, 7) is 1.63. The molecule has 0 saturated carbocycles. The van der Waals surface area contributed by atoms with Gasteiger partial charge in [0.15, 0.2) is 5.78 Å². The van der Waals surface area contributed by atoms with Crippen LogP contribution in [0.3, 0.4) is 0 Å². The summed E-state index contributed by atoms with van der Waals surface area (Å²) >= 11 is 0. The molecule has 0 bridgehead atoms. The molecular formula is C22H18N4O4. The third-order valence-corrected chi connectivity index (χ3v) is 4.87. The number of carboxylic acid groups (broad SMARTS) is 1. The average Bonchev–Trinajstić information content (AvgIpc) is 3.36. The number of rotatable bonds is 6. The van der Waals surface area contributed by atoms with Gasteiger partial charge < -0.3 is 10.1 Å². The van der Waals surface area contributed by atoms with Gasteiger partial charge in [-0.15, -0.1) is 0 Å². The number of ketones is 1. The first kappa shape index (κ1) is 19.3. The van der Waals surface area contributed by atoms with Crippen molar-refractivity contribution in [1.82, 2.24) is 9.97 Å². The molecule has 4 rings (SSSR count). The summed E-state index contributed by atoms with van der Waals surface area (Å²) in [6.07, 6.45) is 3.44. The number of aromatic carboxylic acids is 1. The van der Waals surface area contributed by atoms with Crippen LogP contribution in [0.15, 0.2) is 66.0 Å². The van der Waals surface area contributed by atoms with E-state index in [0.717, 1.165) is 16.1 Å². The molecule has 150 valence electrons. The minimum absolute atomic E-state index is 0.0395. The second kappa shape index (κ2) is 7.75. The van der Waals surface area contributed by atoms with Crippen LogP contribution in [0.25, 0.3) is 11.4 Å². The summed E-state index contributed by atoms with van der Waals surface area (Å²) < 4.78 is 0. The molecule has 0 fully saturated rings. The Kier molecular flexibility index (Phi) is 4.97. The SMILES string of the molecule is CC1=NN(c2cccc(C(=O)O)c2)C(=O)C1C(=O)Cc1cccc(-c2ncc[nH]2)c1. The highest BCUT2D eigenvalue weighted by atomic mass is 16.4. The first-order valence-corrected chi connectivity index (χ1v) is 9.28. The summed E-state index contributed by atoms with van der Waals surface area (Å²) in [4.78, 5) is 44.3. The van der Waals surface area contributed by atoms with Crippen molar-refractivity contribution in [3.8, 4) is 11.4 Å².